The standard InChI is InChI=1S/C12H18O3/c1-11(2,3)15-10(14)9-8(13)6-7-12(9,4)5/h6-7,9H,1-5H3. The molecule has 1 rings (SSSR count). The van der Waals surface area contributed by atoms with Gasteiger partial charge < -0.3 is 4.74 Å². The molecule has 0 N–H and O–H groups in total. The highest BCUT2D eigenvalue weighted by Gasteiger charge is 2.44. The van der Waals surface area contributed by atoms with Crippen LogP contribution in [-0.4, -0.2) is 17.4 Å². The largest absolute Gasteiger partial charge is 0.459 e. The van der Waals surface area contributed by atoms with Crippen LogP contribution in [0.1, 0.15) is 34.6 Å². The maximum absolute atomic E-state index is 11.8. The molecule has 3 heteroatoms. The molecule has 0 heterocycles. The first kappa shape index (κ1) is 12.0. The van der Waals surface area contributed by atoms with Gasteiger partial charge in [0.25, 0.3) is 0 Å². The van der Waals surface area contributed by atoms with E-state index in [2.05, 4.69) is 0 Å². The van der Waals surface area contributed by atoms with Crippen LogP contribution in [0.5, 0.6) is 0 Å². The van der Waals surface area contributed by atoms with E-state index in [0.29, 0.717) is 0 Å². The number of carbonyl (C=O) groups is 2. The molecule has 15 heavy (non-hydrogen) atoms. The Morgan fingerprint density at radius 3 is 2.27 bits per heavy atom. The molecule has 0 saturated heterocycles. The van der Waals surface area contributed by atoms with Crippen molar-refractivity contribution in [3.05, 3.63) is 12.2 Å². The molecule has 0 aromatic heterocycles. The molecular weight excluding hydrogens is 192 g/mol. The summed E-state index contributed by atoms with van der Waals surface area (Å²) in [5.41, 5.74) is -0.977. The van der Waals surface area contributed by atoms with Crippen molar-refractivity contribution in [2.45, 2.75) is 40.2 Å². The third-order valence-corrected chi connectivity index (χ3v) is 2.35. The van der Waals surface area contributed by atoms with Crippen LogP contribution in [0.4, 0.5) is 0 Å². The predicted molar refractivity (Wildman–Crippen MR) is 57.3 cm³/mol. The molecule has 3 nitrogen and oxygen atoms in total. The van der Waals surface area contributed by atoms with Crippen LogP contribution < -0.4 is 0 Å². The summed E-state index contributed by atoms with van der Waals surface area (Å²) in [6.45, 7) is 9.12. The molecule has 0 saturated carbocycles. The van der Waals surface area contributed by atoms with E-state index in [9.17, 15) is 9.59 Å². The second kappa shape index (κ2) is 3.47. The van der Waals surface area contributed by atoms with Crippen LogP contribution in [0.15, 0.2) is 12.2 Å². The number of rotatable bonds is 1. The lowest BCUT2D eigenvalue weighted by Gasteiger charge is -2.27. The molecule has 1 atom stereocenters. The Bertz CT molecular complexity index is 318. The monoisotopic (exact) mass is 210 g/mol. The average Bonchev–Trinajstić information content (AvgIpc) is 2.21. The van der Waals surface area contributed by atoms with E-state index in [0.717, 1.165) is 0 Å². The van der Waals surface area contributed by atoms with Crippen molar-refractivity contribution < 1.29 is 14.3 Å². The number of carbonyl (C=O) groups excluding carboxylic acids is 2. The smallest absolute Gasteiger partial charge is 0.318 e. The predicted octanol–water partition coefficient (Wildman–Crippen LogP) is 2.11. The normalized spacial score (nSPS) is 24.3. The van der Waals surface area contributed by atoms with Gasteiger partial charge in [0.15, 0.2) is 5.78 Å². The Labute approximate surface area is 90.5 Å². The zero-order valence-electron chi connectivity index (χ0n) is 9.96. The van der Waals surface area contributed by atoms with Gasteiger partial charge in [-0.2, -0.15) is 0 Å². The molecule has 0 aromatic carbocycles. The lowest BCUT2D eigenvalue weighted by atomic mass is 9.81. The Balaban J connectivity index is 2.81. The van der Waals surface area contributed by atoms with Crippen molar-refractivity contribution in [2.24, 2.45) is 11.3 Å². The van der Waals surface area contributed by atoms with Crippen molar-refractivity contribution in [1.82, 2.24) is 0 Å². The molecular formula is C12H18O3. The Kier molecular flexibility index (Phi) is 2.77. The maximum atomic E-state index is 11.8. The van der Waals surface area contributed by atoms with Gasteiger partial charge in [0.2, 0.25) is 0 Å². The fourth-order valence-corrected chi connectivity index (χ4v) is 1.64. The van der Waals surface area contributed by atoms with Gasteiger partial charge in [0.1, 0.15) is 11.5 Å². The number of ether oxygens (including phenoxy) is 1. The molecule has 84 valence electrons. The summed E-state index contributed by atoms with van der Waals surface area (Å²) in [7, 11) is 0. The molecule has 0 fully saturated rings. The average molecular weight is 210 g/mol. The topological polar surface area (TPSA) is 43.4 Å². The number of allylic oxidation sites excluding steroid dienone is 2. The van der Waals surface area contributed by atoms with Crippen molar-refractivity contribution in [3.63, 3.8) is 0 Å². The molecule has 0 amide bonds. The van der Waals surface area contributed by atoms with Crippen molar-refractivity contribution in [1.29, 1.82) is 0 Å². The van der Waals surface area contributed by atoms with Crippen molar-refractivity contribution in [3.8, 4) is 0 Å². The lowest BCUT2D eigenvalue weighted by Crippen LogP contribution is -2.37. The first-order valence-corrected chi connectivity index (χ1v) is 5.09. The zero-order chi connectivity index (χ0) is 11.9. The highest BCUT2D eigenvalue weighted by atomic mass is 16.6. The van der Waals surface area contributed by atoms with E-state index < -0.39 is 22.9 Å². The van der Waals surface area contributed by atoms with Gasteiger partial charge in [-0.15, -0.1) is 0 Å². The lowest BCUT2D eigenvalue weighted by molar-refractivity contribution is -0.164. The molecule has 1 unspecified atom stereocenters. The van der Waals surface area contributed by atoms with Gasteiger partial charge in [-0.25, -0.2) is 0 Å². The van der Waals surface area contributed by atoms with Crippen LogP contribution >= 0.6 is 0 Å². The SMILES string of the molecule is CC(C)(C)OC(=O)C1C(=O)C=CC1(C)C. The van der Waals surface area contributed by atoms with Crippen molar-refractivity contribution in [2.75, 3.05) is 0 Å². The summed E-state index contributed by atoms with van der Waals surface area (Å²) in [5, 5.41) is 0. The number of esters is 1. The Hall–Kier alpha value is -1.12. The third kappa shape index (κ3) is 2.67. The minimum Gasteiger partial charge on any atom is -0.459 e. The van der Waals surface area contributed by atoms with Gasteiger partial charge in [0.05, 0.1) is 0 Å². The van der Waals surface area contributed by atoms with E-state index in [1.165, 1.54) is 6.08 Å². The van der Waals surface area contributed by atoms with Crippen LogP contribution in [-0.2, 0) is 14.3 Å². The molecule has 0 spiro atoms. The van der Waals surface area contributed by atoms with E-state index in [1.54, 1.807) is 26.8 Å². The van der Waals surface area contributed by atoms with E-state index >= 15 is 0 Å². The highest BCUT2D eigenvalue weighted by molar-refractivity contribution is 6.08. The summed E-state index contributed by atoms with van der Waals surface area (Å²) in [4.78, 5) is 23.3. The number of hydrogen-bond donors (Lipinski definition) is 0. The van der Waals surface area contributed by atoms with Crippen molar-refractivity contribution >= 4 is 11.8 Å². The molecule has 1 aliphatic rings. The highest BCUT2D eigenvalue weighted by Crippen LogP contribution is 2.36. The quantitative estimate of drug-likeness (QED) is 0.491. The molecule has 0 bridgehead atoms. The van der Waals surface area contributed by atoms with Gasteiger partial charge in [-0.3, -0.25) is 9.59 Å². The first-order valence-electron chi connectivity index (χ1n) is 5.09. The van der Waals surface area contributed by atoms with E-state index in [1.807, 2.05) is 13.8 Å². The van der Waals surface area contributed by atoms with Crippen LogP contribution in [0.3, 0.4) is 0 Å². The second-order valence-corrected chi connectivity index (χ2v) is 5.52. The summed E-state index contributed by atoms with van der Waals surface area (Å²) in [5.74, 6) is -1.27. The number of ketones is 1. The maximum Gasteiger partial charge on any atom is 0.318 e. The summed E-state index contributed by atoms with van der Waals surface area (Å²) in [6, 6.07) is 0. The fraction of sp³-hybridized carbons (Fsp3) is 0.667. The summed E-state index contributed by atoms with van der Waals surface area (Å²) in [6.07, 6.45) is 3.23. The number of hydrogen-bond acceptors (Lipinski definition) is 3. The fourth-order valence-electron chi connectivity index (χ4n) is 1.64. The minimum atomic E-state index is -0.684. The Morgan fingerprint density at radius 1 is 1.40 bits per heavy atom. The summed E-state index contributed by atoms with van der Waals surface area (Å²) >= 11 is 0. The van der Waals surface area contributed by atoms with Crippen LogP contribution in [0.2, 0.25) is 0 Å². The molecule has 0 radical (unpaired) electrons. The second-order valence-electron chi connectivity index (χ2n) is 5.52. The summed E-state index contributed by atoms with van der Waals surface area (Å²) < 4.78 is 5.23. The van der Waals surface area contributed by atoms with Crippen LogP contribution in [0.25, 0.3) is 0 Å². The molecule has 0 aromatic rings. The van der Waals surface area contributed by atoms with Gasteiger partial charge >= 0.3 is 5.97 Å². The van der Waals surface area contributed by atoms with Gasteiger partial charge in [0, 0.05) is 5.41 Å². The molecule has 0 aliphatic heterocycles. The van der Waals surface area contributed by atoms with Gasteiger partial charge in [-0.1, -0.05) is 19.9 Å². The van der Waals surface area contributed by atoms with Crippen LogP contribution in [0, 0.1) is 11.3 Å². The first-order chi connectivity index (χ1) is 6.63. The van der Waals surface area contributed by atoms with E-state index in [4.69, 9.17) is 4.74 Å². The zero-order valence-corrected chi connectivity index (χ0v) is 9.96. The molecule has 1 aliphatic carbocycles. The Morgan fingerprint density at radius 2 is 1.93 bits per heavy atom. The van der Waals surface area contributed by atoms with E-state index in [-0.39, 0.29) is 5.78 Å². The van der Waals surface area contributed by atoms with Gasteiger partial charge in [-0.05, 0) is 26.8 Å². The third-order valence-electron chi connectivity index (χ3n) is 2.35. The minimum absolute atomic E-state index is 0.158.